The van der Waals surface area contributed by atoms with E-state index in [0.29, 0.717) is 6.04 Å². The van der Waals surface area contributed by atoms with E-state index in [9.17, 15) is 9.90 Å². The summed E-state index contributed by atoms with van der Waals surface area (Å²) in [6, 6.07) is 8.86. The van der Waals surface area contributed by atoms with Crippen LogP contribution < -0.4 is 11.2 Å². The minimum absolute atomic E-state index is 0.333. The van der Waals surface area contributed by atoms with Crippen LogP contribution in [0.15, 0.2) is 29.2 Å². The molecule has 0 aliphatic heterocycles. The molecule has 5 N–H and O–H groups in total. The molecule has 1 aliphatic carbocycles. The van der Waals surface area contributed by atoms with Gasteiger partial charge in [0.2, 0.25) is 0 Å². The molecule has 0 amide bonds. The van der Waals surface area contributed by atoms with E-state index >= 15 is 0 Å². The van der Waals surface area contributed by atoms with Gasteiger partial charge in [0.05, 0.1) is 0 Å². The van der Waals surface area contributed by atoms with Crippen molar-refractivity contribution in [3.63, 3.8) is 0 Å². The zero-order valence-corrected chi connectivity index (χ0v) is 15.9. The van der Waals surface area contributed by atoms with Crippen LogP contribution in [0.25, 0.3) is 0 Å². The van der Waals surface area contributed by atoms with Gasteiger partial charge >= 0.3 is 5.97 Å². The summed E-state index contributed by atoms with van der Waals surface area (Å²) in [7, 11) is 0. The quantitative estimate of drug-likeness (QED) is 0.267. The molecule has 25 heavy (non-hydrogen) atoms. The number of benzene rings is 1. The molecular weight excluding hydrogens is 336 g/mol. The van der Waals surface area contributed by atoms with Gasteiger partial charge in [0.15, 0.2) is 0 Å². The fraction of sp³-hybridized carbons (Fsp3) is 0.632. The zero-order valence-electron chi connectivity index (χ0n) is 15.1. The Balaban J connectivity index is 0.00000151. The van der Waals surface area contributed by atoms with E-state index in [1.165, 1.54) is 50.3 Å². The summed E-state index contributed by atoms with van der Waals surface area (Å²) in [5.74, 6) is 2.81. The summed E-state index contributed by atoms with van der Waals surface area (Å²) in [5.41, 5.74) is 1.15. The first kappa shape index (κ1) is 21.8. The van der Waals surface area contributed by atoms with Gasteiger partial charge < -0.3 is 15.6 Å². The van der Waals surface area contributed by atoms with Crippen LogP contribution in [0.3, 0.4) is 0 Å². The number of hydrogen-bond acceptors (Lipinski definition) is 5. The zero-order chi connectivity index (χ0) is 18.5. The largest absolute Gasteiger partial charge is 0.480 e. The Morgan fingerprint density at radius 2 is 1.84 bits per heavy atom. The third-order valence-electron chi connectivity index (χ3n) is 4.45. The minimum Gasteiger partial charge on any atom is -0.480 e. The van der Waals surface area contributed by atoms with E-state index in [1.807, 2.05) is 12.1 Å². The van der Waals surface area contributed by atoms with Gasteiger partial charge in [-0.3, -0.25) is 4.79 Å². The third kappa shape index (κ3) is 8.61. The van der Waals surface area contributed by atoms with E-state index in [0.717, 1.165) is 29.8 Å². The molecule has 0 aromatic heterocycles. The monoisotopic (exact) mass is 368 g/mol. The minimum atomic E-state index is -0.695. The van der Waals surface area contributed by atoms with E-state index in [-0.39, 0.29) is 5.25 Å². The fourth-order valence-electron chi connectivity index (χ4n) is 3.09. The summed E-state index contributed by atoms with van der Waals surface area (Å²) in [5, 5.41) is 19.1. The lowest BCUT2D eigenvalue weighted by Gasteiger charge is -2.15. The average Bonchev–Trinajstić information content (AvgIpc) is 3.14. The van der Waals surface area contributed by atoms with E-state index in [4.69, 9.17) is 5.21 Å². The van der Waals surface area contributed by atoms with Crippen LogP contribution in [0.1, 0.15) is 64.7 Å². The topological polar surface area (TPSA) is 95.6 Å². The molecular formula is C19H32N2O3S. The maximum Gasteiger partial charge on any atom is 0.316 e. The Kier molecular flexibility index (Phi) is 11.4. The van der Waals surface area contributed by atoms with Gasteiger partial charge in [-0.2, -0.15) is 0 Å². The van der Waals surface area contributed by atoms with Crippen LogP contribution in [0.2, 0.25) is 0 Å². The molecule has 0 saturated heterocycles. The molecule has 1 unspecified atom stereocenters. The first-order chi connectivity index (χ1) is 12.2. The van der Waals surface area contributed by atoms with Crippen LogP contribution >= 0.6 is 11.8 Å². The van der Waals surface area contributed by atoms with Crippen molar-refractivity contribution in [1.29, 1.82) is 0 Å². The van der Waals surface area contributed by atoms with Gasteiger partial charge in [0.1, 0.15) is 5.25 Å². The Bertz CT molecular complexity index is 476. The molecule has 2 rings (SSSR count). The summed E-state index contributed by atoms with van der Waals surface area (Å²) in [6.45, 7) is 2.17. The molecule has 1 atom stereocenters. The second-order valence-electron chi connectivity index (χ2n) is 6.44. The van der Waals surface area contributed by atoms with Crippen molar-refractivity contribution in [2.45, 2.75) is 80.9 Å². The molecule has 142 valence electrons. The number of carboxylic acids is 1. The lowest BCUT2D eigenvalue weighted by atomic mass is 10.1. The highest BCUT2D eigenvalue weighted by Gasteiger charge is 2.18. The van der Waals surface area contributed by atoms with Crippen LogP contribution in [0.5, 0.6) is 0 Å². The molecule has 0 spiro atoms. The molecule has 0 bridgehead atoms. The number of unbranched alkanes of at least 4 members (excludes halogenated alkanes) is 3. The number of carbonyl (C=O) groups is 1. The van der Waals surface area contributed by atoms with Gasteiger partial charge in [-0.05, 0) is 43.5 Å². The molecule has 1 aromatic carbocycles. The van der Waals surface area contributed by atoms with Crippen molar-refractivity contribution in [2.75, 3.05) is 5.32 Å². The Hall–Kier alpha value is -1.24. The van der Waals surface area contributed by atoms with Gasteiger partial charge in [-0.15, -0.1) is 11.8 Å². The number of nitrogens with two attached hydrogens (primary N) is 1. The molecule has 0 radical (unpaired) electrons. The number of rotatable bonds is 10. The molecule has 1 fully saturated rings. The number of carboxylic acid groups (broad SMARTS) is 1. The number of hydrogen-bond donors (Lipinski definition) is 4. The van der Waals surface area contributed by atoms with E-state index in [1.54, 1.807) is 0 Å². The number of aliphatic carboxylic acids is 1. The summed E-state index contributed by atoms with van der Waals surface area (Å²) in [4.78, 5) is 12.5. The van der Waals surface area contributed by atoms with Crippen LogP contribution in [0.4, 0.5) is 5.69 Å². The Morgan fingerprint density at radius 1 is 1.20 bits per heavy atom. The third-order valence-corrected chi connectivity index (χ3v) is 5.72. The lowest BCUT2D eigenvalue weighted by molar-refractivity contribution is -0.136. The molecule has 5 nitrogen and oxygen atoms in total. The van der Waals surface area contributed by atoms with Crippen LogP contribution in [-0.4, -0.2) is 27.6 Å². The summed E-state index contributed by atoms with van der Waals surface area (Å²) in [6.07, 6.45) is 10.4. The fourth-order valence-corrected chi connectivity index (χ4v) is 4.10. The van der Waals surface area contributed by atoms with Gasteiger partial charge in [0, 0.05) is 16.6 Å². The van der Waals surface area contributed by atoms with Crippen LogP contribution in [0, 0.1) is 0 Å². The highest BCUT2D eigenvalue weighted by molar-refractivity contribution is 8.00. The highest BCUT2D eigenvalue weighted by Crippen LogP contribution is 2.29. The normalized spacial score (nSPS) is 15.3. The second kappa shape index (κ2) is 13.0. The molecule has 1 saturated carbocycles. The van der Waals surface area contributed by atoms with Crippen molar-refractivity contribution >= 4 is 23.4 Å². The summed E-state index contributed by atoms with van der Waals surface area (Å²) < 4.78 is 0. The van der Waals surface area contributed by atoms with Crippen molar-refractivity contribution in [1.82, 2.24) is 0 Å². The smallest absolute Gasteiger partial charge is 0.316 e. The van der Waals surface area contributed by atoms with Crippen molar-refractivity contribution in [2.24, 2.45) is 5.90 Å². The van der Waals surface area contributed by atoms with Gasteiger partial charge in [0.25, 0.3) is 0 Å². The van der Waals surface area contributed by atoms with Crippen LogP contribution in [-0.2, 0) is 4.79 Å². The maximum atomic E-state index is 11.4. The van der Waals surface area contributed by atoms with Crippen molar-refractivity contribution < 1.29 is 15.1 Å². The molecule has 1 aliphatic rings. The number of thioether (sulfide) groups is 1. The standard InChI is InChI=1S/C19H29NO2S.H3NO/c1-2-3-4-5-10-18(19(21)22)23-17-13-11-16(12-14-17)20-15-8-6-7-9-15;1-2/h11-15,18,20H,2-10H2,1H3,(H,21,22);2H,1H2. The molecule has 1 aromatic rings. The lowest BCUT2D eigenvalue weighted by Crippen LogP contribution is -2.16. The Morgan fingerprint density at radius 3 is 2.40 bits per heavy atom. The maximum absolute atomic E-state index is 11.4. The SMILES string of the molecule is CCCCCCC(Sc1ccc(NC2CCCC2)cc1)C(=O)O.NO. The van der Waals surface area contributed by atoms with Crippen molar-refractivity contribution in [3.05, 3.63) is 24.3 Å². The van der Waals surface area contributed by atoms with E-state index in [2.05, 4.69) is 30.3 Å². The Labute approximate surface area is 155 Å². The van der Waals surface area contributed by atoms with Crippen molar-refractivity contribution in [3.8, 4) is 0 Å². The number of nitrogens with one attached hydrogen (secondary N) is 1. The summed E-state index contributed by atoms with van der Waals surface area (Å²) >= 11 is 1.48. The predicted octanol–water partition coefficient (Wildman–Crippen LogP) is 4.89. The molecule has 0 heterocycles. The highest BCUT2D eigenvalue weighted by atomic mass is 32.2. The average molecular weight is 369 g/mol. The predicted molar refractivity (Wildman–Crippen MR) is 104 cm³/mol. The van der Waals surface area contributed by atoms with Gasteiger partial charge in [-0.1, -0.05) is 45.4 Å². The molecule has 6 heteroatoms. The number of anilines is 1. The van der Waals surface area contributed by atoms with E-state index < -0.39 is 5.97 Å². The van der Waals surface area contributed by atoms with Gasteiger partial charge in [-0.25, -0.2) is 5.90 Å². The first-order valence-electron chi connectivity index (χ1n) is 9.21. The first-order valence-corrected chi connectivity index (χ1v) is 10.1. The second-order valence-corrected chi connectivity index (χ2v) is 7.72.